The van der Waals surface area contributed by atoms with Crippen LogP contribution in [0.15, 0.2) is 57.9 Å². The van der Waals surface area contributed by atoms with Gasteiger partial charge in [-0.1, -0.05) is 29.8 Å². The number of rotatable bonds is 6. The standard InChI is InChI=1S/C22H23N3O3S/c1-16-3-5-17(6-4-16)14-24-25-19(15-29-22(25)23-9-10-26-2)18-7-8-20-21(13-18)28-12-11-27-20/h3-8,13-15H,9-12H2,1-2H3/b23-22?,24-14-. The molecule has 150 valence electrons. The lowest BCUT2D eigenvalue weighted by molar-refractivity contribution is 0.171. The number of benzene rings is 2. The third kappa shape index (κ3) is 4.58. The lowest BCUT2D eigenvalue weighted by Gasteiger charge is -2.18. The number of methoxy groups -OCH3 is 1. The lowest BCUT2D eigenvalue weighted by Crippen LogP contribution is -2.16. The van der Waals surface area contributed by atoms with Crippen LogP contribution in [0.1, 0.15) is 11.1 Å². The highest BCUT2D eigenvalue weighted by molar-refractivity contribution is 7.07. The van der Waals surface area contributed by atoms with Crippen LogP contribution < -0.4 is 14.3 Å². The zero-order chi connectivity index (χ0) is 20.1. The normalized spacial score (nSPS) is 13.9. The Bertz CT molecular complexity index is 1070. The molecule has 0 bridgehead atoms. The predicted molar refractivity (Wildman–Crippen MR) is 115 cm³/mol. The van der Waals surface area contributed by atoms with E-state index in [4.69, 9.17) is 19.3 Å². The van der Waals surface area contributed by atoms with Crippen LogP contribution in [-0.4, -0.2) is 44.4 Å². The van der Waals surface area contributed by atoms with Crippen LogP contribution in [0.3, 0.4) is 0 Å². The van der Waals surface area contributed by atoms with Crippen molar-refractivity contribution in [2.24, 2.45) is 10.1 Å². The first-order chi connectivity index (χ1) is 14.2. The Morgan fingerprint density at radius 3 is 2.69 bits per heavy atom. The Kier molecular flexibility index (Phi) is 6.07. The van der Waals surface area contributed by atoms with Crippen LogP contribution in [0.4, 0.5) is 0 Å². The van der Waals surface area contributed by atoms with Gasteiger partial charge in [0.2, 0.25) is 4.80 Å². The van der Waals surface area contributed by atoms with Crippen molar-refractivity contribution in [3.8, 4) is 22.8 Å². The maximum Gasteiger partial charge on any atom is 0.206 e. The number of ether oxygens (including phenoxy) is 3. The van der Waals surface area contributed by atoms with Crippen molar-refractivity contribution in [3.63, 3.8) is 0 Å². The van der Waals surface area contributed by atoms with Crippen LogP contribution in [-0.2, 0) is 4.74 Å². The maximum absolute atomic E-state index is 5.74. The number of nitrogens with zero attached hydrogens (tertiary/aromatic N) is 3. The smallest absolute Gasteiger partial charge is 0.206 e. The summed E-state index contributed by atoms with van der Waals surface area (Å²) in [5, 5.41) is 6.79. The molecule has 0 N–H and O–H groups in total. The van der Waals surface area contributed by atoms with Gasteiger partial charge >= 0.3 is 0 Å². The molecule has 1 aliphatic rings. The topological polar surface area (TPSA) is 57.3 Å². The maximum atomic E-state index is 5.74. The van der Waals surface area contributed by atoms with Crippen LogP contribution in [0, 0.1) is 6.92 Å². The van der Waals surface area contributed by atoms with Gasteiger partial charge in [-0.25, -0.2) is 4.68 Å². The summed E-state index contributed by atoms with van der Waals surface area (Å²) in [7, 11) is 1.67. The lowest BCUT2D eigenvalue weighted by atomic mass is 10.1. The van der Waals surface area contributed by atoms with E-state index in [2.05, 4.69) is 41.6 Å². The Balaban J connectivity index is 1.73. The van der Waals surface area contributed by atoms with E-state index in [9.17, 15) is 0 Å². The Labute approximate surface area is 173 Å². The van der Waals surface area contributed by atoms with E-state index in [1.807, 2.05) is 29.1 Å². The Hall–Kier alpha value is -2.90. The summed E-state index contributed by atoms with van der Waals surface area (Å²) in [4.78, 5) is 5.46. The van der Waals surface area contributed by atoms with Crippen molar-refractivity contribution in [1.82, 2.24) is 4.68 Å². The molecule has 29 heavy (non-hydrogen) atoms. The van der Waals surface area contributed by atoms with E-state index in [-0.39, 0.29) is 0 Å². The van der Waals surface area contributed by atoms with Crippen molar-refractivity contribution >= 4 is 17.6 Å². The minimum absolute atomic E-state index is 0.559. The van der Waals surface area contributed by atoms with Crippen LogP contribution >= 0.6 is 11.3 Å². The van der Waals surface area contributed by atoms with Crippen molar-refractivity contribution < 1.29 is 14.2 Å². The van der Waals surface area contributed by atoms with Gasteiger partial charge in [0, 0.05) is 18.1 Å². The highest BCUT2D eigenvalue weighted by Crippen LogP contribution is 2.34. The van der Waals surface area contributed by atoms with E-state index in [1.54, 1.807) is 18.4 Å². The first kappa shape index (κ1) is 19.4. The van der Waals surface area contributed by atoms with Gasteiger partial charge in [-0.15, -0.1) is 11.3 Å². The molecule has 7 heteroatoms. The average molecular weight is 410 g/mol. The quantitative estimate of drug-likeness (QED) is 0.461. The molecule has 6 nitrogen and oxygen atoms in total. The number of aromatic nitrogens is 1. The third-order valence-electron chi connectivity index (χ3n) is 4.47. The summed E-state index contributed by atoms with van der Waals surface area (Å²) < 4.78 is 18.4. The Morgan fingerprint density at radius 1 is 1.10 bits per heavy atom. The molecule has 1 aliphatic heterocycles. The predicted octanol–water partition coefficient (Wildman–Crippen LogP) is 3.73. The zero-order valence-corrected chi connectivity index (χ0v) is 17.3. The molecular formula is C22H23N3O3S. The van der Waals surface area contributed by atoms with Crippen molar-refractivity contribution in [1.29, 1.82) is 0 Å². The van der Waals surface area contributed by atoms with E-state index in [1.165, 1.54) is 5.56 Å². The van der Waals surface area contributed by atoms with E-state index < -0.39 is 0 Å². The largest absolute Gasteiger partial charge is 0.486 e. The first-order valence-corrected chi connectivity index (χ1v) is 10.3. The molecule has 3 aromatic rings. The SMILES string of the molecule is COCCN=c1scc(-c2ccc3c(c2)OCCO3)n1/N=C\c1ccc(C)cc1. The molecule has 2 heterocycles. The fourth-order valence-electron chi connectivity index (χ4n) is 2.93. The monoisotopic (exact) mass is 409 g/mol. The molecule has 0 saturated heterocycles. The molecule has 0 spiro atoms. The average Bonchev–Trinajstić information content (AvgIpc) is 3.16. The van der Waals surface area contributed by atoms with E-state index in [0.29, 0.717) is 26.4 Å². The second kappa shape index (κ2) is 9.07. The molecule has 2 aromatic carbocycles. The highest BCUT2D eigenvalue weighted by atomic mass is 32.1. The van der Waals surface area contributed by atoms with Gasteiger partial charge in [0.05, 0.1) is 25.1 Å². The summed E-state index contributed by atoms with van der Waals surface area (Å²) >= 11 is 1.55. The van der Waals surface area contributed by atoms with Gasteiger partial charge in [-0.05, 0) is 30.7 Å². The van der Waals surface area contributed by atoms with Gasteiger partial charge in [0.1, 0.15) is 13.2 Å². The number of hydrogen-bond acceptors (Lipinski definition) is 6. The van der Waals surface area contributed by atoms with Crippen LogP contribution in [0.2, 0.25) is 0 Å². The van der Waals surface area contributed by atoms with Crippen molar-refractivity contribution in [2.45, 2.75) is 6.92 Å². The van der Waals surface area contributed by atoms with Gasteiger partial charge in [-0.3, -0.25) is 4.99 Å². The van der Waals surface area contributed by atoms with Crippen molar-refractivity contribution in [3.05, 3.63) is 63.8 Å². The molecule has 0 radical (unpaired) electrons. The molecule has 0 amide bonds. The second-order valence-electron chi connectivity index (χ2n) is 6.60. The number of fused-ring (bicyclic) bond motifs is 1. The first-order valence-electron chi connectivity index (χ1n) is 9.45. The second-order valence-corrected chi connectivity index (χ2v) is 7.44. The van der Waals surface area contributed by atoms with Crippen LogP contribution in [0.25, 0.3) is 11.3 Å². The summed E-state index contributed by atoms with van der Waals surface area (Å²) in [5.74, 6) is 1.53. The van der Waals surface area contributed by atoms with E-state index >= 15 is 0 Å². The number of thiazole rings is 1. The molecule has 0 fully saturated rings. The fourth-order valence-corrected chi connectivity index (χ4v) is 3.79. The fraction of sp³-hybridized carbons (Fsp3) is 0.273. The molecule has 4 rings (SSSR count). The highest BCUT2D eigenvalue weighted by Gasteiger charge is 2.15. The van der Waals surface area contributed by atoms with Crippen LogP contribution in [0.5, 0.6) is 11.5 Å². The summed E-state index contributed by atoms with van der Waals surface area (Å²) in [5.41, 5.74) is 4.20. The summed E-state index contributed by atoms with van der Waals surface area (Å²) in [6, 6.07) is 14.2. The van der Waals surface area contributed by atoms with E-state index in [0.717, 1.165) is 33.1 Å². The molecule has 0 aliphatic carbocycles. The van der Waals surface area contributed by atoms with Gasteiger partial charge in [0.25, 0.3) is 0 Å². The third-order valence-corrected chi connectivity index (χ3v) is 5.32. The summed E-state index contributed by atoms with van der Waals surface area (Å²) in [6.07, 6.45) is 1.85. The van der Waals surface area contributed by atoms with Gasteiger partial charge in [0.15, 0.2) is 11.5 Å². The number of aryl methyl sites for hydroxylation is 1. The van der Waals surface area contributed by atoms with Crippen molar-refractivity contribution in [2.75, 3.05) is 33.5 Å². The summed E-state index contributed by atoms with van der Waals surface area (Å²) in [6.45, 7) is 4.36. The Morgan fingerprint density at radius 2 is 1.90 bits per heavy atom. The molecule has 1 aromatic heterocycles. The molecule has 0 unspecified atom stereocenters. The minimum Gasteiger partial charge on any atom is -0.486 e. The number of hydrogen-bond donors (Lipinski definition) is 0. The van der Waals surface area contributed by atoms with Gasteiger partial charge in [-0.2, -0.15) is 5.10 Å². The molecule has 0 saturated carbocycles. The molecule has 0 atom stereocenters. The minimum atomic E-state index is 0.559. The van der Waals surface area contributed by atoms with Gasteiger partial charge < -0.3 is 14.2 Å². The molecular weight excluding hydrogens is 386 g/mol. The zero-order valence-electron chi connectivity index (χ0n) is 16.5.